The zero-order chi connectivity index (χ0) is 13.5. The highest BCUT2D eigenvalue weighted by atomic mass is 16.5. The van der Waals surface area contributed by atoms with Gasteiger partial charge in [-0.05, 0) is 24.5 Å². The molecule has 2 nitrogen and oxygen atoms in total. The van der Waals surface area contributed by atoms with Gasteiger partial charge in [-0.15, -0.1) is 0 Å². The van der Waals surface area contributed by atoms with Crippen molar-refractivity contribution in [3.05, 3.63) is 23.3 Å². The van der Waals surface area contributed by atoms with E-state index in [4.69, 9.17) is 4.74 Å². The van der Waals surface area contributed by atoms with Crippen LogP contribution in [-0.4, -0.2) is 11.7 Å². The van der Waals surface area contributed by atoms with Crippen molar-refractivity contribution in [3.8, 4) is 11.5 Å². The maximum atomic E-state index is 9.77. The molecule has 0 bridgehead atoms. The zero-order valence-corrected chi connectivity index (χ0v) is 12.1. The molecule has 0 spiro atoms. The summed E-state index contributed by atoms with van der Waals surface area (Å²) in [6.07, 6.45) is 11.3. The van der Waals surface area contributed by atoms with Gasteiger partial charge in [0.15, 0.2) is 0 Å². The van der Waals surface area contributed by atoms with E-state index in [0.717, 1.165) is 30.8 Å². The van der Waals surface area contributed by atoms with Gasteiger partial charge in [0.05, 0.1) is 6.61 Å². The Labute approximate surface area is 116 Å². The van der Waals surface area contributed by atoms with E-state index in [9.17, 15) is 5.11 Å². The Balaban J connectivity index is 1.73. The highest BCUT2D eigenvalue weighted by molar-refractivity contribution is 5.51. The van der Waals surface area contributed by atoms with Crippen molar-refractivity contribution in [3.63, 3.8) is 0 Å². The fraction of sp³-hybridized carbons (Fsp3) is 0.647. The van der Waals surface area contributed by atoms with E-state index in [1.165, 1.54) is 50.5 Å². The SMILES string of the molecule is CCCCCCCCCc1ccc(O)c2c1OCC2. The van der Waals surface area contributed by atoms with Crippen molar-refractivity contribution in [2.75, 3.05) is 6.61 Å². The molecule has 0 atom stereocenters. The Hall–Kier alpha value is -1.18. The highest BCUT2D eigenvalue weighted by Gasteiger charge is 2.19. The van der Waals surface area contributed by atoms with Crippen molar-refractivity contribution >= 4 is 0 Å². The van der Waals surface area contributed by atoms with Gasteiger partial charge < -0.3 is 9.84 Å². The van der Waals surface area contributed by atoms with Crippen molar-refractivity contribution in [1.29, 1.82) is 0 Å². The van der Waals surface area contributed by atoms with Crippen LogP contribution in [0.1, 0.15) is 63.0 Å². The number of phenols is 1. The number of fused-ring (bicyclic) bond motifs is 1. The van der Waals surface area contributed by atoms with Crippen LogP contribution in [0.3, 0.4) is 0 Å². The van der Waals surface area contributed by atoms with Gasteiger partial charge in [-0.25, -0.2) is 0 Å². The molecule has 0 aliphatic carbocycles. The summed E-state index contributed by atoms with van der Waals surface area (Å²) in [4.78, 5) is 0. The first kappa shape index (κ1) is 14.2. The average molecular weight is 262 g/mol. The lowest BCUT2D eigenvalue weighted by molar-refractivity contribution is 0.353. The fourth-order valence-electron chi connectivity index (χ4n) is 2.81. The van der Waals surface area contributed by atoms with Gasteiger partial charge in [-0.1, -0.05) is 51.5 Å². The number of aromatic hydroxyl groups is 1. The summed E-state index contributed by atoms with van der Waals surface area (Å²) in [5, 5.41) is 9.77. The zero-order valence-electron chi connectivity index (χ0n) is 12.1. The first-order valence-electron chi connectivity index (χ1n) is 7.79. The molecular formula is C17H26O2. The molecule has 106 valence electrons. The second kappa shape index (κ2) is 7.42. The minimum atomic E-state index is 0.399. The van der Waals surface area contributed by atoms with Gasteiger partial charge in [0.25, 0.3) is 0 Å². The summed E-state index contributed by atoms with van der Waals surface area (Å²) >= 11 is 0. The number of rotatable bonds is 8. The molecule has 19 heavy (non-hydrogen) atoms. The summed E-state index contributed by atoms with van der Waals surface area (Å²) in [7, 11) is 0. The predicted octanol–water partition coefficient (Wildman–Crippen LogP) is 4.62. The lowest BCUT2D eigenvalue weighted by atomic mass is 10.0. The average Bonchev–Trinajstić information content (AvgIpc) is 2.90. The van der Waals surface area contributed by atoms with Crippen molar-refractivity contribution in [2.24, 2.45) is 0 Å². The first-order valence-corrected chi connectivity index (χ1v) is 7.79. The van der Waals surface area contributed by atoms with E-state index >= 15 is 0 Å². The van der Waals surface area contributed by atoms with Crippen LogP contribution in [0, 0.1) is 0 Å². The third-order valence-electron chi connectivity index (χ3n) is 3.97. The van der Waals surface area contributed by atoms with Crippen LogP contribution in [0.15, 0.2) is 12.1 Å². The number of unbranched alkanes of at least 4 members (excludes halogenated alkanes) is 6. The molecule has 1 aliphatic heterocycles. The number of aryl methyl sites for hydroxylation is 1. The molecule has 0 amide bonds. The molecule has 1 aliphatic rings. The Kier molecular flexibility index (Phi) is 5.56. The van der Waals surface area contributed by atoms with Crippen LogP contribution in [0.5, 0.6) is 11.5 Å². The molecule has 0 unspecified atom stereocenters. The lowest BCUT2D eigenvalue weighted by Gasteiger charge is -2.09. The van der Waals surface area contributed by atoms with Crippen LogP contribution in [0.4, 0.5) is 0 Å². The second-order valence-electron chi connectivity index (χ2n) is 5.52. The van der Waals surface area contributed by atoms with E-state index in [2.05, 4.69) is 6.92 Å². The standard InChI is InChI=1S/C17H26O2/c1-2-3-4-5-6-7-8-9-14-10-11-16(18)15-12-13-19-17(14)15/h10-11,18H,2-9,12-13H2,1H3. The van der Waals surface area contributed by atoms with Crippen LogP contribution >= 0.6 is 0 Å². The Morgan fingerprint density at radius 1 is 1.05 bits per heavy atom. The molecule has 0 saturated heterocycles. The van der Waals surface area contributed by atoms with Crippen LogP contribution in [0.25, 0.3) is 0 Å². The molecule has 1 heterocycles. The lowest BCUT2D eigenvalue weighted by Crippen LogP contribution is -1.92. The number of ether oxygens (including phenoxy) is 1. The molecule has 0 aromatic heterocycles. The molecule has 2 rings (SSSR count). The minimum Gasteiger partial charge on any atom is -0.508 e. The second-order valence-corrected chi connectivity index (χ2v) is 5.52. The largest absolute Gasteiger partial charge is 0.508 e. The number of hydrogen-bond donors (Lipinski definition) is 1. The Morgan fingerprint density at radius 3 is 2.58 bits per heavy atom. The normalized spacial score (nSPS) is 13.3. The first-order chi connectivity index (χ1) is 9.33. The molecule has 0 radical (unpaired) electrons. The molecule has 1 N–H and O–H groups in total. The molecular weight excluding hydrogens is 236 g/mol. The number of phenolic OH excluding ortho intramolecular Hbond substituents is 1. The quantitative estimate of drug-likeness (QED) is 0.693. The van der Waals surface area contributed by atoms with Crippen molar-refractivity contribution in [1.82, 2.24) is 0 Å². The van der Waals surface area contributed by atoms with Gasteiger partial charge in [0.2, 0.25) is 0 Å². The smallest absolute Gasteiger partial charge is 0.129 e. The molecule has 1 aromatic carbocycles. The third-order valence-corrected chi connectivity index (χ3v) is 3.97. The van der Waals surface area contributed by atoms with Gasteiger partial charge in [0.1, 0.15) is 11.5 Å². The third kappa shape index (κ3) is 3.89. The monoisotopic (exact) mass is 262 g/mol. The predicted molar refractivity (Wildman–Crippen MR) is 79.0 cm³/mol. The highest BCUT2D eigenvalue weighted by Crippen LogP contribution is 2.36. The van der Waals surface area contributed by atoms with E-state index in [1.54, 1.807) is 0 Å². The number of benzene rings is 1. The molecule has 0 fully saturated rings. The Morgan fingerprint density at radius 2 is 1.79 bits per heavy atom. The number of hydrogen-bond acceptors (Lipinski definition) is 2. The molecule has 0 saturated carbocycles. The van der Waals surface area contributed by atoms with Crippen molar-refractivity contribution in [2.45, 2.75) is 64.7 Å². The fourth-order valence-corrected chi connectivity index (χ4v) is 2.81. The topological polar surface area (TPSA) is 29.5 Å². The maximum absolute atomic E-state index is 9.77. The van der Waals surface area contributed by atoms with Gasteiger partial charge in [-0.2, -0.15) is 0 Å². The van der Waals surface area contributed by atoms with E-state index in [-0.39, 0.29) is 0 Å². The summed E-state index contributed by atoms with van der Waals surface area (Å²) in [6, 6.07) is 3.85. The summed E-state index contributed by atoms with van der Waals surface area (Å²) in [6.45, 7) is 2.97. The van der Waals surface area contributed by atoms with E-state index < -0.39 is 0 Å². The summed E-state index contributed by atoms with van der Waals surface area (Å²) < 4.78 is 5.66. The van der Waals surface area contributed by atoms with Crippen LogP contribution < -0.4 is 4.74 Å². The molecule has 2 heteroatoms. The minimum absolute atomic E-state index is 0.399. The van der Waals surface area contributed by atoms with E-state index in [0.29, 0.717) is 5.75 Å². The molecule has 1 aromatic rings. The maximum Gasteiger partial charge on any atom is 0.129 e. The van der Waals surface area contributed by atoms with Crippen molar-refractivity contribution < 1.29 is 9.84 Å². The summed E-state index contributed by atoms with van der Waals surface area (Å²) in [5.41, 5.74) is 2.29. The van der Waals surface area contributed by atoms with E-state index in [1.807, 2.05) is 12.1 Å². The van der Waals surface area contributed by atoms with Gasteiger partial charge in [0, 0.05) is 12.0 Å². The van der Waals surface area contributed by atoms with Crippen LogP contribution in [0.2, 0.25) is 0 Å². The van der Waals surface area contributed by atoms with Gasteiger partial charge >= 0.3 is 0 Å². The van der Waals surface area contributed by atoms with Crippen LogP contribution in [-0.2, 0) is 12.8 Å². The van der Waals surface area contributed by atoms with Gasteiger partial charge in [-0.3, -0.25) is 0 Å². The summed E-state index contributed by atoms with van der Waals surface area (Å²) in [5.74, 6) is 1.36. The Bertz CT molecular complexity index is 398.